The fraction of sp³-hybridized carbons (Fsp3) is 0.286. The van der Waals surface area contributed by atoms with Crippen molar-refractivity contribution in [3.05, 3.63) is 36.3 Å². The van der Waals surface area contributed by atoms with Crippen molar-refractivity contribution in [2.75, 3.05) is 6.54 Å². The fourth-order valence-electron chi connectivity index (χ4n) is 1.62. The number of benzene rings is 1. The van der Waals surface area contributed by atoms with Gasteiger partial charge >= 0.3 is 0 Å². The molecule has 0 aliphatic heterocycles. The number of aryl methyl sites for hydroxylation is 1. The highest BCUT2D eigenvalue weighted by atomic mass is 14.9. The average Bonchev–Trinajstić information content (AvgIpc) is 2.89. The van der Waals surface area contributed by atoms with E-state index in [1.165, 1.54) is 0 Å². The van der Waals surface area contributed by atoms with Gasteiger partial charge in [-0.1, -0.05) is 19.1 Å². The van der Waals surface area contributed by atoms with Crippen LogP contribution in [0.4, 0.5) is 5.69 Å². The number of hydrogen-bond acceptors (Lipinski definition) is 2. The Kier molecular flexibility index (Phi) is 4.12. The van der Waals surface area contributed by atoms with Crippen molar-refractivity contribution < 1.29 is 0 Å². The molecular weight excluding hydrogens is 224 g/mol. The first-order valence-corrected chi connectivity index (χ1v) is 6.24. The number of hydrogen-bond donors (Lipinski definition) is 2. The Bertz CT molecular complexity index is 511. The molecule has 2 aromatic rings. The number of aromatic nitrogens is 2. The topological polar surface area (TPSA) is 53.1 Å². The van der Waals surface area contributed by atoms with Crippen LogP contribution in [0.1, 0.15) is 19.7 Å². The molecule has 0 saturated carbocycles. The van der Waals surface area contributed by atoms with Crippen LogP contribution in [0.2, 0.25) is 0 Å². The van der Waals surface area contributed by atoms with Gasteiger partial charge in [0, 0.05) is 24.7 Å². The quantitative estimate of drug-likeness (QED) is 0.625. The van der Waals surface area contributed by atoms with Gasteiger partial charge in [-0.3, -0.25) is 0 Å². The van der Waals surface area contributed by atoms with Gasteiger partial charge in [0.25, 0.3) is 0 Å². The molecule has 4 nitrogen and oxygen atoms in total. The fourth-order valence-corrected chi connectivity index (χ4v) is 1.62. The highest BCUT2D eigenvalue weighted by Crippen LogP contribution is 2.20. The molecule has 0 atom stereocenters. The number of nitrogens with zero attached hydrogens (tertiary/aromatic N) is 2. The van der Waals surface area contributed by atoms with E-state index in [0.717, 1.165) is 35.7 Å². The number of rotatable bonds is 5. The lowest BCUT2D eigenvalue weighted by atomic mass is 10.1. The van der Waals surface area contributed by atoms with E-state index in [1.807, 2.05) is 37.4 Å². The highest BCUT2D eigenvalue weighted by Gasteiger charge is 2.02. The van der Waals surface area contributed by atoms with E-state index in [2.05, 4.69) is 27.2 Å². The van der Waals surface area contributed by atoms with E-state index in [4.69, 9.17) is 0 Å². The predicted molar refractivity (Wildman–Crippen MR) is 75.2 cm³/mol. The number of H-pyrrole nitrogens is 1. The van der Waals surface area contributed by atoms with E-state index in [9.17, 15) is 0 Å². The lowest BCUT2D eigenvalue weighted by molar-refractivity contribution is 0.987. The zero-order chi connectivity index (χ0) is 12.8. The number of imidazole rings is 1. The summed E-state index contributed by atoms with van der Waals surface area (Å²) in [7, 11) is 0. The molecule has 0 amide bonds. The standard InChI is InChI=1S/C14H18N4/c1-3-14-16-9-13(18-14)11-5-7-12(8-6-11)17-10-15-4-2/h5-10H,3-4H2,1-2H3,(H,15,17)(H,16,18). The largest absolute Gasteiger partial charge is 0.376 e. The smallest absolute Gasteiger partial charge is 0.106 e. The first kappa shape index (κ1) is 12.4. The molecular formula is C14H18N4. The zero-order valence-corrected chi connectivity index (χ0v) is 10.8. The molecule has 18 heavy (non-hydrogen) atoms. The van der Waals surface area contributed by atoms with Gasteiger partial charge in [0.15, 0.2) is 0 Å². The minimum atomic E-state index is 0.884. The Morgan fingerprint density at radius 3 is 2.67 bits per heavy atom. The van der Waals surface area contributed by atoms with Gasteiger partial charge in [0.2, 0.25) is 0 Å². The summed E-state index contributed by atoms with van der Waals surface area (Å²) in [6, 6.07) is 8.05. The summed E-state index contributed by atoms with van der Waals surface area (Å²) in [6.45, 7) is 5.01. The van der Waals surface area contributed by atoms with Crippen molar-refractivity contribution in [2.24, 2.45) is 4.99 Å². The molecule has 0 radical (unpaired) electrons. The molecule has 1 heterocycles. The van der Waals surface area contributed by atoms with Gasteiger partial charge in [-0.25, -0.2) is 9.98 Å². The summed E-state index contributed by atoms with van der Waals surface area (Å²) in [5.41, 5.74) is 3.02. The van der Waals surface area contributed by atoms with Crippen LogP contribution in [0.15, 0.2) is 35.5 Å². The molecule has 94 valence electrons. The maximum absolute atomic E-state index is 4.50. The van der Waals surface area contributed by atoms with Gasteiger partial charge in [-0.15, -0.1) is 0 Å². The van der Waals surface area contributed by atoms with Crippen molar-refractivity contribution in [1.29, 1.82) is 0 Å². The molecule has 0 saturated heterocycles. The molecule has 0 spiro atoms. The van der Waals surface area contributed by atoms with E-state index in [1.54, 1.807) is 6.34 Å². The van der Waals surface area contributed by atoms with Gasteiger partial charge in [-0.2, -0.15) is 0 Å². The Labute approximate surface area is 107 Å². The molecule has 2 N–H and O–H groups in total. The molecule has 0 fully saturated rings. The van der Waals surface area contributed by atoms with Crippen LogP contribution in [0.25, 0.3) is 11.3 Å². The third kappa shape index (κ3) is 2.97. The summed E-state index contributed by atoms with van der Waals surface area (Å²) in [4.78, 5) is 11.9. The lowest BCUT2D eigenvalue weighted by Gasteiger charge is -1.98. The predicted octanol–water partition coefficient (Wildman–Crippen LogP) is 2.91. The van der Waals surface area contributed by atoms with Crippen LogP contribution in [0.5, 0.6) is 0 Å². The molecule has 2 rings (SSSR count). The van der Waals surface area contributed by atoms with Crippen LogP contribution in [0, 0.1) is 0 Å². The molecule has 0 bridgehead atoms. The molecule has 0 aliphatic carbocycles. The Morgan fingerprint density at radius 2 is 2.06 bits per heavy atom. The van der Waals surface area contributed by atoms with Crippen LogP contribution in [-0.2, 0) is 6.42 Å². The van der Waals surface area contributed by atoms with E-state index in [0.29, 0.717) is 0 Å². The second-order valence-electron chi connectivity index (χ2n) is 3.95. The van der Waals surface area contributed by atoms with Crippen molar-refractivity contribution in [2.45, 2.75) is 20.3 Å². The Morgan fingerprint density at radius 1 is 1.28 bits per heavy atom. The Hall–Kier alpha value is -2.10. The molecule has 0 unspecified atom stereocenters. The number of aliphatic imine (C=N–C) groups is 1. The zero-order valence-electron chi connectivity index (χ0n) is 10.8. The van der Waals surface area contributed by atoms with Crippen LogP contribution < -0.4 is 5.32 Å². The maximum atomic E-state index is 4.50. The Balaban J connectivity index is 2.11. The summed E-state index contributed by atoms with van der Waals surface area (Å²) in [5.74, 6) is 1.01. The summed E-state index contributed by atoms with van der Waals surface area (Å²) in [5, 5.41) is 3.04. The number of nitrogens with one attached hydrogen (secondary N) is 2. The normalized spacial score (nSPS) is 11.0. The SMILES string of the molecule is CCN/C=N/c1ccc(-c2c[nH]c(CC)n2)cc1. The maximum Gasteiger partial charge on any atom is 0.106 e. The molecule has 4 heteroatoms. The van der Waals surface area contributed by atoms with Crippen LogP contribution in [0.3, 0.4) is 0 Å². The van der Waals surface area contributed by atoms with E-state index >= 15 is 0 Å². The third-order valence-corrected chi connectivity index (χ3v) is 2.64. The third-order valence-electron chi connectivity index (χ3n) is 2.64. The molecule has 1 aromatic heterocycles. The first-order chi connectivity index (χ1) is 8.83. The highest BCUT2D eigenvalue weighted by molar-refractivity contribution is 5.65. The first-order valence-electron chi connectivity index (χ1n) is 6.24. The minimum Gasteiger partial charge on any atom is -0.376 e. The summed E-state index contributed by atoms with van der Waals surface area (Å²) < 4.78 is 0. The van der Waals surface area contributed by atoms with Crippen molar-refractivity contribution >= 4 is 12.0 Å². The van der Waals surface area contributed by atoms with Gasteiger partial charge in [-0.05, 0) is 19.1 Å². The average molecular weight is 242 g/mol. The number of aromatic amines is 1. The second kappa shape index (κ2) is 6.00. The lowest BCUT2D eigenvalue weighted by Crippen LogP contribution is -2.08. The minimum absolute atomic E-state index is 0.884. The molecule has 0 aliphatic rings. The van der Waals surface area contributed by atoms with Crippen LogP contribution >= 0.6 is 0 Å². The van der Waals surface area contributed by atoms with Crippen molar-refractivity contribution in [3.63, 3.8) is 0 Å². The summed E-state index contributed by atoms with van der Waals surface area (Å²) >= 11 is 0. The molecule has 1 aromatic carbocycles. The van der Waals surface area contributed by atoms with Crippen LogP contribution in [-0.4, -0.2) is 22.9 Å². The second-order valence-corrected chi connectivity index (χ2v) is 3.95. The van der Waals surface area contributed by atoms with Gasteiger partial charge in [0.1, 0.15) is 5.82 Å². The van der Waals surface area contributed by atoms with Gasteiger partial charge in [0.05, 0.1) is 17.7 Å². The summed E-state index contributed by atoms with van der Waals surface area (Å²) in [6.07, 6.45) is 4.58. The van der Waals surface area contributed by atoms with Crippen molar-refractivity contribution in [1.82, 2.24) is 15.3 Å². The van der Waals surface area contributed by atoms with Gasteiger partial charge < -0.3 is 10.3 Å². The van der Waals surface area contributed by atoms with E-state index < -0.39 is 0 Å². The monoisotopic (exact) mass is 242 g/mol. The van der Waals surface area contributed by atoms with E-state index in [-0.39, 0.29) is 0 Å². The van der Waals surface area contributed by atoms with Crippen molar-refractivity contribution in [3.8, 4) is 11.3 Å².